The van der Waals surface area contributed by atoms with Crippen molar-refractivity contribution < 1.29 is 0 Å². The van der Waals surface area contributed by atoms with Crippen LogP contribution in [0.5, 0.6) is 0 Å². The molecule has 2 rings (SSSR count). The van der Waals surface area contributed by atoms with Gasteiger partial charge in [0.2, 0.25) is 0 Å². The first-order valence-electron chi connectivity index (χ1n) is 5.82. The number of rotatable bonds is 4. The highest BCUT2D eigenvalue weighted by Crippen LogP contribution is 2.23. The van der Waals surface area contributed by atoms with Crippen molar-refractivity contribution in [1.82, 2.24) is 10.4 Å². The zero-order chi connectivity index (χ0) is 13.0. The van der Waals surface area contributed by atoms with Crippen molar-refractivity contribution >= 4 is 11.6 Å². The minimum absolute atomic E-state index is 0.0129. The molecule has 0 radical (unpaired) electrons. The van der Waals surface area contributed by atoms with Crippen LogP contribution in [0.15, 0.2) is 42.7 Å². The number of aryl methyl sites for hydroxylation is 1. The molecule has 0 saturated carbocycles. The standard InChI is InChI=1S/C14H16ClN3/c1-10-4-5-11(13(15)7-10)8-14(18-16)12-3-2-6-17-9-12/h2-7,9,14,18H,8,16H2,1H3. The van der Waals surface area contributed by atoms with Crippen molar-refractivity contribution in [3.05, 3.63) is 64.4 Å². The van der Waals surface area contributed by atoms with Gasteiger partial charge in [-0.3, -0.25) is 16.3 Å². The van der Waals surface area contributed by atoms with Gasteiger partial charge in [0.1, 0.15) is 0 Å². The van der Waals surface area contributed by atoms with Crippen molar-refractivity contribution in [1.29, 1.82) is 0 Å². The lowest BCUT2D eigenvalue weighted by Crippen LogP contribution is -2.29. The molecule has 0 bridgehead atoms. The third-order valence-corrected chi connectivity index (χ3v) is 3.27. The lowest BCUT2D eigenvalue weighted by molar-refractivity contribution is 0.550. The Labute approximate surface area is 112 Å². The molecule has 0 saturated heterocycles. The summed E-state index contributed by atoms with van der Waals surface area (Å²) in [5.41, 5.74) is 6.10. The summed E-state index contributed by atoms with van der Waals surface area (Å²) in [5.74, 6) is 5.61. The summed E-state index contributed by atoms with van der Waals surface area (Å²) in [7, 11) is 0. The molecule has 1 aromatic carbocycles. The molecule has 3 nitrogen and oxygen atoms in total. The summed E-state index contributed by atoms with van der Waals surface area (Å²) in [6.45, 7) is 2.02. The Hall–Kier alpha value is -1.42. The van der Waals surface area contributed by atoms with Crippen LogP contribution in [0.2, 0.25) is 5.02 Å². The number of nitrogens with one attached hydrogen (secondary N) is 1. The van der Waals surface area contributed by atoms with Crippen molar-refractivity contribution in [2.75, 3.05) is 0 Å². The minimum atomic E-state index is 0.0129. The average Bonchev–Trinajstić information content (AvgIpc) is 2.39. The van der Waals surface area contributed by atoms with E-state index < -0.39 is 0 Å². The van der Waals surface area contributed by atoms with Crippen LogP contribution < -0.4 is 11.3 Å². The topological polar surface area (TPSA) is 50.9 Å². The number of halogens is 1. The number of hydrazine groups is 1. The molecule has 3 N–H and O–H groups in total. The molecule has 94 valence electrons. The Morgan fingerprint density at radius 3 is 2.83 bits per heavy atom. The molecular formula is C14H16ClN3. The van der Waals surface area contributed by atoms with Gasteiger partial charge in [0.25, 0.3) is 0 Å². The van der Waals surface area contributed by atoms with E-state index in [0.717, 1.165) is 28.1 Å². The van der Waals surface area contributed by atoms with E-state index in [9.17, 15) is 0 Å². The first kappa shape index (κ1) is 13.0. The molecule has 0 aliphatic heterocycles. The smallest absolute Gasteiger partial charge is 0.0516 e. The maximum Gasteiger partial charge on any atom is 0.0516 e. The minimum Gasteiger partial charge on any atom is -0.271 e. The number of benzene rings is 1. The predicted octanol–water partition coefficient (Wildman–Crippen LogP) is 2.79. The van der Waals surface area contributed by atoms with Crippen molar-refractivity contribution in [2.45, 2.75) is 19.4 Å². The van der Waals surface area contributed by atoms with Gasteiger partial charge in [-0.2, -0.15) is 0 Å². The fraction of sp³-hybridized carbons (Fsp3) is 0.214. The Bertz CT molecular complexity index is 514. The van der Waals surface area contributed by atoms with Gasteiger partial charge in [-0.25, -0.2) is 0 Å². The molecule has 0 amide bonds. The lowest BCUT2D eigenvalue weighted by Gasteiger charge is -2.17. The SMILES string of the molecule is Cc1ccc(CC(NN)c2cccnc2)c(Cl)c1. The Morgan fingerprint density at radius 1 is 1.39 bits per heavy atom. The molecule has 1 aromatic heterocycles. The zero-order valence-electron chi connectivity index (χ0n) is 10.2. The first-order valence-corrected chi connectivity index (χ1v) is 6.19. The molecule has 2 aromatic rings. The predicted molar refractivity (Wildman–Crippen MR) is 74.2 cm³/mol. The van der Waals surface area contributed by atoms with E-state index in [1.54, 1.807) is 6.20 Å². The van der Waals surface area contributed by atoms with E-state index in [2.05, 4.69) is 16.5 Å². The van der Waals surface area contributed by atoms with E-state index >= 15 is 0 Å². The van der Waals surface area contributed by atoms with Crippen molar-refractivity contribution in [3.63, 3.8) is 0 Å². The van der Waals surface area contributed by atoms with Crippen LogP contribution in [0.25, 0.3) is 0 Å². The van der Waals surface area contributed by atoms with E-state index in [4.69, 9.17) is 17.4 Å². The summed E-state index contributed by atoms with van der Waals surface area (Å²) in [5, 5.41) is 0.777. The molecule has 0 fully saturated rings. The molecule has 0 aliphatic carbocycles. The number of nitrogens with two attached hydrogens (primary N) is 1. The Balaban J connectivity index is 2.21. The molecule has 0 aliphatic rings. The van der Waals surface area contributed by atoms with Gasteiger partial charge in [0.15, 0.2) is 0 Å². The van der Waals surface area contributed by atoms with Gasteiger partial charge in [-0.15, -0.1) is 0 Å². The maximum atomic E-state index is 6.23. The van der Waals surface area contributed by atoms with Gasteiger partial charge in [-0.05, 0) is 42.2 Å². The number of pyridine rings is 1. The first-order chi connectivity index (χ1) is 8.70. The summed E-state index contributed by atoms with van der Waals surface area (Å²) in [6, 6.07) is 9.97. The normalized spacial score (nSPS) is 12.4. The maximum absolute atomic E-state index is 6.23. The number of hydrogen-bond acceptors (Lipinski definition) is 3. The van der Waals surface area contributed by atoms with Crippen molar-refractivity contribution in [3.8, 4) is 0 Å². The molecule has 1 heterocycles. The van der Waals surface area contributed by atoms with Gasteiger partial charge >= 0.3 is 0 Å². The summed E-state index contributed by atoms with van der Waals surface area (Å²) < 4.78 is 0. The number of nitrogens with zero attached hydrogens (tertiary/aromatic N) is 1. The van der Waals surface area contributed by atoms with Gasteiger partial charge < -0.3 is 0 Å². The zero-order valence-corrected chi connectivity index (χ0v) is 11.0. The summed E-state index contributed by atoms with van der Waals surface area (Å²) in [4.78, 5) is 4.10. The van der Waals surface area contributed by atoms with Crippen LogP contribution in [0.3, 0.4) is 0 Å². The van der Waals surface area contributed by atoms with Gasteiger partial charge in [0, 0.05) is 17.4 Å². The quantitative estimate of drug-likeness (QED) is 0.657. The monoisotopic (exact) mass is 261 g/mol. The van der Waals surface area contributed by atoms with Crippen LogP contribution in [-0.4, -0.2) is 4.98 Å². The van der Waals surface area contributed by atoms with Crippen LogP contribution in [0.4, 0.5) is 0 Å². The van der Waals surface area contributed by atoms with E-state index in [1.807, 2.05) is 37.4 Å². The number of aromatic nitrogens is 1. The highest BCUT2D eigenvalue weighted by atomic mass is 35.5. The van der Waals surface area contributed by atoms with Crippen LogP contribution in [-0.2, 0) is 6.42 Å². The van der Waals surface area contributed by atoms with E-state index in [1.165, 1.54) is 0 Å². The third kappa shape index (κ3) is 3.07. The number of hydrogen-bond donors (Lipinski definition) is 2. The molecule has 1 atom stereocenters. The lowest BCUT2D eigenvalue weighted by atomic mass is 10.00. The fourth-order valence-electron chi connectivity index (χ4n) is 1.89. The highest BCUT2D eigenvalue weighted by Gasteiger charge is 2.12. The second kappa shape index (κ2) is 5.96. The highest BCUT2D eigenvalue weighted by molar-refractivity contribution is 6.31. The fourth-order valence-corrected chi connectivity index (χ4v) is 2.21. The Kier molecular flexibility index (Phi) is 4.31. The van der Waals surface area contributed by atoms with Gasteiger partial charge in [-0.1, -0.05) is 29.8 Å². The summed E-state index contributed by atoms with van der Waals surface area (Å²) >= 11 is 6.23. The Morgan fingerprint density at radius 2 is 2.22 bits per heavy atom. The van der Waals surface area contributed by atoms with Gasteiger partial charge in [0.05, 0.1) is 6.04 Å². The van der Waals surface area contributed by atoms with Crippen LogP contribution in [0.1, 0.15) is 22.7 Å². The van der Waals surface area contributed by atoms with Crippen LogP contribution in [0, 0.1) is 6.92 Å². The molecular weight excluding hydrogens is 246 g/mol. The largest absolute Gasteiger partial charge is 0.271 e. The van der Waals surface area contributed by atoms with E-state index in [-0.39, 0.29) is 6.04 Å². The molecule has 18 heavy (non-hydrogen) atoms. The van der Waals surface area contributed by atoms with E-state index in [0.29, 0.717) is 0 Å². The van der Waals surface area contributed by atoms with Crippen molar-refractivity contribution in [2.24, 2.45) is 5.84 Å². The third-order valence-electron chi connectivity index (χ3n) is 2.92. The second-order valence-electron chi connectivity index (χ2n) is 4.30. The molecule has 4 heteroatoms. The average molecular weight is 262 g/mol. The molecule has 1 unspecified atom stereocenters. The van der Waals surface area contributed by atoms with Crippen LogP contribution >= 0.6 is 11.6 Å². The summed E-state index contributed by atoms with van der Waals surface area (Å²) in [6.07, 6.45) is 4.30. The second-order valence-corrected chi connectivity index (χ2v) is 4.71. The molecule has 0 spiro atoms.